The molecule has 0 bridgehead atoms. The second-order valence-corrected chi connectivity index (χ2v) is 4.82. The van der Waals surface area contributed by atoms with Crippen molar-refractivity contribution in [1.29, 1.82) is 0 Å². The molecule has 0 atom stereocenters. The maximum absolute atomic E-state index is 11.8. The average molecular weight is 234 g/mol. The van der Waals surface area contributed by atoms with Gasteiger partial charge in [0.25, 0.3) is 5.91 Å². The van der Waals surface area contributed by atoms with E-state index in [9.17, 15) is 4.79 Å². The predicted octanol–water partition coefficient (Wildman–Crippen LogP) is 1.63. The van der Waals surface area contributed by atoms with E-state index in [-0.39, 0.29) is 11.3 Å². The third kappa shape index (κ3) is 3.27. The predicted molar refractivity (Wildman–Crippen MR) is 64.7 cm³/mol. The topological polar surface area (TPSA) is 51.2 Å². The highest BCUT2D eigenvalue weighted by Crippen LogP contribution is 2.28. The van der Waals surface area contributed by atoms with Gasteiger partial charge in [0, 0.05) is 26.0 Å². The Balaban J connectivity index is 1.87. The fourth-order valence-electron chi connectivity index (χ4n) is 1.92. The van der Waals surface area contributed by atoms with E-state index in [2.05, 4.69) is 17.2 Å². The lowest BCUT2D eigenvalue weighted by Crippen LogP contribution is -2.39. The van der Waals surface area contributed by atoms with Gasteiger partial charge in [0.2, 0.25) is 0 Å². The van der Waals surface area contributed by atoms with Crippen molar-refractivity contribution >= 4 is 5.91 Å². The number of amides is 1. The molecule has 0 saturated carbocycles. The number of hydrogen-bond donors (Lipinski definition) is 1. The van der Waals surface area contributed by atoms with Gasteiger partial charge in [-0.3, -0.25) is 9.78 Å². The van der Waals surface area contributed by atoms with Crippen LogP contribution in [-0.4, -0.2) is 30.6 Å². The summed E-state index contributed by atoms with van der Waals surface area (Å²) in [4.78, 5) is 15.9. The number of nitrogens with zero attached hydrogens (tertiary/aromatic N) is 1. The quantitative estimate of drug-likeness (QED) is 0.864. The summed E-state index contributed by atoms with van der Waals surface area (Å²) in [5, 5.41) is 2.95. The summed E-state index contributed by atoms with van der Waals surface area (Å²) in [6, 6.07) is 5.34. The largest absolute Gasteiger partial charge is 0.381 e. The zero-order valence-corrected chi connectivity index (χ0v) is 10.1. The van der Waals surface area contributed by atoms with E-state index in [0.717, 1.165) is 26.1 Å². The fourth-order valence-corrected chi connectivity index (χ4v) is 1.92. The molecule has 1 N–H and O–H groups in total. The van der Waals surface area contributed by atoms with Crippen LogP contribution in [-0.2, 0) is 4.74 Å². The van der Waals surface area contributed by atoms with Gasteiger partial charge in [-0.1, -0.05) is 13.0 Å². The highest BCUT2D eigenvalue weighted by Gasteiger charge is 2.27. The molecule has 1 aromatic rings. The smallest absolute Gasteiger partial charge is 0.269 e. The van der Waals surface area contributed by atoms with Crippen molar-refractivity contribution in [2.24, 2.45) is 5.41 Å². The average Bonchev–Trinajstić information content (AvgIpc) is 2.38. The molecular formula is C13H18N2O2. The van der Waals surface area contributed by atoms with Gasteiger partial charge in [-0.05, 0) is 30.4 Å². The Morgan fingerprint density at radius 1 is 1.47 bits per heavy atom. The van der Waals surface area contributed by atoms with Crippen molar-refractivity contribution in [3.63, 3.8) is 0 Å². The Morgan fingerprint density at radius 2 is 2.24 bits per heavy atom. The zero-order valence-electron chi connectivity index (χ0n) is 10.1. The number of ether oxygens (including phenoxy) is 1. The van der Waals surface area contributed by atoms with Crippen LogP contribution in [0.1, 0.15) is 30.3 Å². The first-order valence-corrected chi connectivity index (χ1v) is 5.97. The molecule has 0 aliphatic carbocycles. The van der Waals surface area contributed by atoms with Crippen LogP contribution < -0.4 is 5.32 Å². The van der Waals surface area contributed by atoms with E-state index >= 15 is 0 Å². The third-order valence-corrected chi connectivity index (χ3v) is 3.27. The van der Waals surface area contributed by atoms with Crippen LogP contribution in [0, 0.1) is 5.41 Å². The molecule has 4 nitrogen and oxygen atoms in total. The Hall–Kier alpha value is -1.42. The highest BCUT2D eigenvalue weighted by molar-refractivity contribution is 5.92. The number of nitrogens with one attached hydrogen (secondary N) is 1. The van der Waals surface area contributed by atoms with E-state index in [1.54, 1.807) is 18.3 Å². The summed E-state index contributed by atoms with van der Waals surface area (Å²) < 4.78 is 5.33. The summed E-state index contributed by atoms with van der Waals surface area (Å²) in [6.07, 6.45) is 3.62. The van der Waals surface area contributed by atoms with Crippen molar-refractivity contribution in [1.82, 2.24) is 10.3 Å². The minimum Gasteiger partial charge on any atom is -0.381 e. The van der Waals surface area contributed by atoms with Crippen molar-refractivity contribution in [2.45, 2.75) is 19.8 Å². The Bertz CT molecular complexity index is 372. The van der Waals surface area contributed by atoms with Crippen LogP contribution in [0.25, 0.3) is 0 Å². The molecule has 0 aromatic carbocycles. The lowest BCUT2D eigenvalue weighted by Gasteiger charge is -2.33. The van der Waals surface area contributed by atoms with Gasteiger partial charge in [0.05, 0.1) is 0 Å². The first-order chi connectivity index (χ1) is 8.20. The maximum atomic E-state index is 11.8. The summed E-state index contributed by atoms with van der Waals surface area (Å²) in [7, 11) is 0. The summed E-state index contributed by atoms with van der Waals surface area (Å²) >= 11 is 0. The molecular weight excluding hydrogens is 216 g/mol. The van der Waals surface area contributed by atoms with E-state index < -0.39 is 0 Å². The molecule has 2 rings (SSSR count). The Kier molecular flexibility index (Phi) is 3.74. The van der Waals surface area contributed by atoms with Gasteiger partial charge < -0.3 is 10.1 Å². The SMILES string of the molecule is CC1(CNC(=O)c2ccccn2)CCOCC1. The zero-order chi connectivity index (χ0) is 12.1. The van der Waals surface area contributed by atoms with Crippen LogP contribution in [0.5, 0.6) is 0 Å². The van der Waals surface area contributed by atoms with Gasteiger partial charge in [0.1, 0.15) is 5.69 Å². The van der Waals surface area contributed by atoms with Crippen molar-refractivity contribution in [2.75, 3.05) is 19.8 Å². The van der Waals surface area contributed by atoms with Crippen molar-refractivity contribution in [3.8, 4) is 0 Å². The third-order valence-electron chi connectivity index (χ3n) is 3.27. The van der Waals surface area contributed by atoms with Crippen molar-refractivity contribution in [3.05, 3.63) is 30.1 Å². The molecule has 0 radical (unpaired) electrons. The number of pyridine rings is 1. The Labute approximate surface area is 101 Å². The molecule has 92 valence electrons. The van der Waals surface area contributed by atoms with Gasteiger partial charge in [-0.2, -0.15) is 0 Å². The lowest BCUT2D eigenvalue weighted by molar-refractivity contribution is 0.0238. The lowest BCUT2D eigenvalue weighted by atomic mass is 9.82. The minimum atomic E-state index is -0.0988. The molecule has 4 heteroatoms. The number of rotatable bonds is 3. The maximum Gasteiger partial charge on any atom is 0.269 e. The number of aromatic nitrogens is 1. The van der Waals surface area contributed by atoms with Crippen LogP contribution in [0.4, 0.5) is 0 Å². The minimum absolute atomic E-state index is 0.0988. The van der Waals surface area contributed by atoms with E-state index in [0.29, 0.717) is 12.2 Å². The summed E-state index contributed by atoms with van der Waals surface area (Å²) in [5.74, 6) is -0.0988. The highest BCUT2D eigenvalue weighted by atomic mass is 16.5. The molecule has 1 saturated heterocycles. The number of hydrogen-bond acceptors (Lipinski definition) is 3. The van der Waals surface area contributed by atoms with E-state index in [1.807, 2.05) is 6.07 Å². The van der Waals surface area contributed by atoms with E-state index in [1.165, 1.54) is 0 Å². The first kappa shape index (κ1) is 12.0. The van der Waals surface area contributed by atoms with Crippen LogP contribution in [0.3, 0.4) is 0 Å². The van der Waals surface area contributed by atoms with Crippen LogP contribution in [0.15, 0.2) is 24.4 Å². The van der Waals surface area contributed by atoms with Gasteiger partial charge in [0.15, 0.2) is 0 Å². The normalized spacial score (nSPS) is 18.6. The second kappa shape index (κ2) is 5.27. The molecule has 17 heavy (non-hydrogen) atoms. The molecule has 2 heterocycles. The van der Waals surface area contributed by atoms with E-state index in [4.69, 9.17) is 4.74 Å². The first-order valence-electron chi connectivity index (χ1n) is 5.97. The standard InChI is InChI=1S/C13H18N2O2/c1-13(5-8-17-9-6-13)10-15-12(16)11-4-2-3-7-14-11/h2-4,7H,5-6,8-10H2,1H3,(H,15,16). The molecule has 1 fully saturated rings. The summed E-state index contributed by atoms with van der Waals surface area (Å²) in [6.45, 7) is 4.45. The van der Waals surface area contributed by atoms with Gasteiger partial charge in [-0.25, -0.2) is 0 Å². The van der Waals surface area contributed by atoms with Gasteiger partial charge in [-0.15, -0.1) is 0 Å². The fraction of sp³-hybridized carbons (Fsp3) is 0.538. The monoisotopic (exact) mass is 234 g/mol. The van der Waals surface area contributed by atoms with Crippen LogP contribution in [0.2, 0.25) is 0 Å². The van der Waals surface area contributed by atoms with Crippen LogP contribution >= 0.6 is 0 Å². The molecule has 0 spiro atoms. The molecule has 1 aliphatic rings. The second-order valence-electron chi connectivity index (χ2n) is 4.82. The Morgan fingerprint density at radius 3 is 2.88 bits per heavy atom. The molecule has 1 aromatic heterocycles. The summed E-state index contributed by atoms with van der Waals surface area (Å²) in [5.41, 5.74) is 0.631. The number of carbonyl (C=O) groups is 1. The molecule has 0 unspecified atom stereocenters. The van der Waals surface area contributed by atoms with Crippen molar-refractivity contribution < 1.29 is 9.53 Å². The molecule has 1 amide bonds. The number of carbonyl (C=O) groups excluding carboxylic acids is 1. The molecule has 1 aliphatic heterocycles. The van der Waals surface area contributed by atoms with Gasteiger partial charge >= 0.3 is 0 Å².